The van der Waals surface area contributed by atoms with Crippen LogP contribution in [0.3, 0.4) is 0 Å². The molecule has 37 heavy (non-hydrogen) atoms. The lowest BCUT2D eigenvalue weighted by Crippen LogP contribution is -2.16. The van der Waals surface area contributed by atoms with E-state index >= 15 is 0 Å². The number of anilines is 1. The summed E-state index contributed by atoms with van der Waals surface area (Å²) in [6.45, 7) is 1.18. The molecule has 1 N–H and O–H groups in total. The Morgan fingerprint density at radius 2 is 1.65 bits per heavy atom. The van der Waals surface area contributed by atoms with Crippen LogP contribution >= 0.6 is 0 Å². The number of benzene rings is 3. The van der Waals surface area contributed by atoms with Gasteiger partial charge in [0.15, 0.2) is 11.5 Å². The number of ether oxygens (including phenoxy) is 4. The lowest BCUT2D eigenvalue weighted by molar-refractivity contribution is 0.171. The van der Waals surface area contributed by atoms with Crippen molar-refractivity contribution in [1.29, 1.82) is 0 Å². The Hall–Kier alpha value is -4.18. The van der Waals surface area contributed by atoms with E-state index in [4.69, 9.17) is 23.4 Å². The molecule has 10 heteroatoms. The number of methoxy groups -OCH3 is 2. The Labute approximate surface area is 214 Å². The number of oxazole rings is 1. The van der Waals surface area contributed by atoms with Crippen molar-refractivity contribution in [2.24, 2.45) is 0 Å². The Bertz CT molecular complexity index is 1500. The topological polar surface area (TPSA) is 109 Å². The minimum atomic E-state index is -4.06. The molecule has 5 rings (SSSR count). The Morgan fingerprint density at radius 3 is 2.41 bits per heavy atom. The maximum atomic E-state index is 13.7. The van der Waals surface area contributed by atoms with Crippen molar-refractivity contribution in [1.82, 2.24) is 4.98 Å². The number of rotatable bonds is 9. The van der Waals surface area contributed by atoms with Crippen LogP contribution < -0.4 is 24.3 Å². The number of hydrogen-bond acceptors (Lipinski definition) is 9. The number of fused-ring (bicyclic) bond motifs is 1. The van der Waals surface area contributed by atoms with Gasteiger partial charge in [0.1, 0.15) is 24.7 Å². The summed E-state index contributed by atoms with van der Waals surface area (Å²) < 4.78 is 55.0. The first-order valence-electron chi connectivity index (χ1n) is 11.6. The normalized spacial score (nSPS) is 12.7. The molecule has 2 heterocycles. The van der Waals surface area contributed by atoms with Crippen molar-refractivity contribution >= 4 is 15.7 Å². The van der Waals surface area contributed by atoms with Gasteiger partial charge in [-0.2, -0.15) is 4.98 Å². The van der Waals surface area contributed by atoms with Gasteiger partial charge in [-0.05, 0) is 54.4 Å². The Balaban J connectivity index is 1.48. The van der Waals surface area contributed by atoms with E-state index in [2.05, 4.69) is 10.3 Å². The van der Waals surface area contributed by atoms with Crippen molar-refractivity contribution in [3.63, 3.8) is 0 Å². The van der Waals surface area contributed by atoms with Gasteiger partial charge >= 0.3 is 0 Å². The zero-order chi connectivity index (χ0) is 25.8. The highest BCUT2D eigenvalue weighted by Gasteiger charge is 2.30. The summed E-state index contributed by atoms with van der Waals surface area (Å²) >= 11 is 0. The zero-order valence-corrected chi connectivity index (χ0v) is 21.2. The summed E-state index contributed by atoms with van der Waals surface area (Å²) in [6, 6.07) is 19.2. The van der Waals surface area contributed by atoms with E-state index < -0.39 is 9.84 Å². The Kier molecular flexibility index (Phi) is 6.91. The van der Waals surface area contributed by atoms with E-state index in [0.717, 1.165) is 11.3 Å². The van der Waals surface area contributed by atoms with Crippen LogP contribution in [0.25, 0.3) is 11.5 Å². The molecular weight excluding hydrogens is 496 g/mol. The molecule has 9 nitrogen and oxygen atoms in total. The molecule has 0 fully saturated rings. The smallest absolute Gasteiger partial charge is 0.233 e. The predicted molar refractivity (Wildman–Crippen MR) is 137 cm³/mol. The summed E-state index contributed by atoms with van der Waals surface area (Å²) in [6.07, 6.45) is 0.628. The van der Waals surface area contributed by atoms with Gasteiger partial charge in [-0.25, -0.2) is 8.42 Å². The lowest BCUT2D eigenvalue weighted by atomic mass is 10.1. The SMILES string of the molecule is COc1ccc(CCNc2oc(-c3cccc(OC)c3)nc2S(=O)(=O)c2ccc3c(c2)OCCO3)cc1. The van der Waals surface area contributed by atoms with Crippen LogP contribution in [0, 0.1) is 0 Å². The summed E-state index contributed by atoms with van der Waals surface area (Å²) in [5.41, 5.74) is 1.64. The monoisotopic (exact) mass is 522 g/mol. The second-order valence-electron chi connectivity index (χ2n) is 8.22. The maximum absolute atomic E-state index is 13.7. The fourth-order valence-electron chi connectivity index (χ4n) is 3.89. The van der Waals surface area contributed by atoms with Gasteiger partial charge < -0.3 is 28.7 Å². The van der Waals surface area contributed by atoms with Gasteiger partial charge in [-0.15, -0.1) is 0 Å². The van der Waals surface area contributed by atoms with E-state index in [1.165, 1.54) is 12.1 Å². The highest BCUT2D eigenvalue weighted by Crippen LogP contribution is 2.37. The lowest BCUT2D eigenvalue weighted by Gasteiger charge is -2.18. The van der Waals surface area contributed by atoms with Crippen molar-refractivity contribution in [3.05, 3.63) is 72.3 Å². The van der Waals surface area contributed by atoms with Crippen molar-refractivity contribution < 1.29 is 31.8 Å². The van der Waals surface area contributed by atoms with Crippen LogP contribution in [-0.2, 0) is 16.3 Å². The molecule has 0 spiro atoms. The van der Waals surface area contributed by atoms with E-state index in [1.807, 2.05) is 24.3 Å². The fourth-order valence-corrected chi connectivity index (χ4v) is 5.19. The summed E-state index contributed by atoms with van der Waals surface area (Å²) in [4.78, 5) is 4.43. The van der Waals surface area contributed by atoms with E-state index in [9.17, 15) is 8.42 Å². The molecular formula is C27H26N2O7S. The van der Waals surface area contributed by atoms with Gasteiger partial charge in [0.25, 0.3) is 0 Å². The van der Waals surface area contributed by atoms with Gasteiger partial charge in [0, 0.05) is 18.2 Å². The van der Waals surface area contributed by atoms with Crippen molar-refractivity contribution in [2.45, 2.75) is 16.3 Å². The number of nitrogens with zero attached hydrogens (tertiary/aromatic N) is 1. The third kappa shape index (κ3) is 5.19. The molecule has 0 bridgehead atoms. The standard InChI is InChI=1S/C27H26N2O7S/c1-32-20-8-6-18(7-9-20)12-13-28-26-27(29-25(36-26)19-4-3-5-21(16-19)33-2)37(30,31)22-10-11-23-24(17-22)35-15-14-34-23/h3-11,16-17,28H,12-15H2,1-2H3. The summed E-state index contributed by atoms with van der Waals surface area (Å²) in [5, 5.41) is 2.91. The van der Waals surface area contributed by atoms with Crippen molar-refractivity contribution in [3.8, 4) is 34.5 Å². The molecule has 0 aliphatic carbocycles. The zero-order valence-electron chi connectivity index (χ0n) is 20.4. The molecule has 192 valence electrons. The quantitative estimate of drug-likeness (QED) is 0.337. The molecule has 0 unspecified atom stereocenters. The second kappa shape index (κ2) is 10.4. The van der Waals surface area contributed by atoms with E-state index in [1.54, 1.807) is 44.6 Å². The van der Waals surface area contributed by atoms with Gasteiger partial charge in [-0.1, -0.05) is 18.2 Å². The number of aromatic nitrogens is 1. The van der Waals surface area contributed by atoms with E-state index in [0.29, 0.717) is 49.0 Å². The predicted octanol–water partition coefficient (Wildman–Crippen LogP) is 4.62. The maximum Gasteiger partial charge on any atom is 0.233 e. The van der Waals surface area contributed by atoms with Crippen molar-refractivity contribution in [2.75, 3.05) is 39.3 Å². The van der Waals surface area contributed by atoms with Gasteiger partial charge in [0.2, 0.25) is 26.6 Å². The van der Waals surface area contributed by atoms with Crippen LogP contribution in [0.4, 0.5) is 5.88 Å². The molecule has 1 aliphatic rings. The molecule has 0 amide bonds. The van der Waals surface area contributed by atoms with Crippen LogP contribution in [-0.4, -0.2) is 47.4 Å². The molecule has 0 saturated carbocycles. The molecule has 0 radical (unpaired) electrons. The summed E-state index contributed by atoms with van der Waals surface area (Å²) in [7, 11) is -0.891. The fraction of sp³-hybridized carbons (Fsp3) is 0.222. The third-order valence-electron chi connectivity index (χ3n) is 5.85. The molecule has 3 aromatic carbocycles. The average Bonchev–Trinajstić information content (AvgIpc) is 3.38. The third-order valence-corrected chi connectivity index (χ3v) is 7.51. The molecule has 1 aromatic heterocycles. The number of sulfone groups is 1. The summed E-state index contributed by atoms with van der Waals surface area (Å²) in [5.74, 6) is 2.45. The molecule has 4 aromatic rings. The number of nitrogens with one attached hydrogen (secondary N) is 1. The average molecular weight is 523 g/mol. The highest BCUT2D eigenvalue weighted by atomic mass is 32.2. The minimum Gasteiger partial charge on any atom is -0.497 e. The van der Waals surface area contributed by atoms with Crippen LogP contribution in [0.15, 0.2) is 81.1 Å². The Morgan fingerprint density at radius 1 is 0.892 bits per heavy atom. The number of hydrogen-bond donors (Lipinski definition) is 1. The van der Waals surface area contributed by atoms with Gasteiger partial charge in [0.05, 0.1) is 19.1 Å². The first-order valence-corrected chi connectivity index (χ1v) is 13.1. The first kappa shape index (κ1) is 24.5. The minimum absolute atomic E-state index is 0.0282. The largest absolute Gasteiger partial charge is 0.497 e. The highest BCUT2D eigenvalue weighted by molar-refractivity contribution is 7.91. The van der Waals surface area contributed by atoms with E-state index in [-0.39, 0.29) is 21.7 Å². The van der Waals surface area contributed by atoms with Gasteiger partial charge in [-0.3, -0.25) is 0 Å². The first-order chi connectivity index (χ1) is 18.0. The second-order valence-corrected chi connectivity index (χ2v) is 10.1. The molecule has 0 atom stereocenters. The molecule has 1 aliphatic heterocycles. The van der Waals surface area contributed by atoms with Crippen LogP contribution in [0.5, 0.6) is 23.0 Å². The van der Waals surface area contributed by atoms with Crippen LogP contribution in [0.1, 0.15) is 5.56 Å². The molecule has 0 saturated heterocycles. The van der Waals surface area contributed by atoms with Crippen LogP contribution in [0.2, 0.25) is 0 Å².